The van der Waals surface area contributed by atoms with E-state index in [2.05, 4.69) is 91.3 Å². The molecule has 1 aliphatic rings. The highest BCUT2D eigenvalue weighted by Gasteiger charge is 2.52. The van der Waals surface area contributed by atoms with Crippen LogP contribution in [0.2, 0.25) is 0 Å². The van der Waals surface area contributed by atoms with Gasteiger partial charge < -0.3 is 51.5 Å². The summed E-state index contributed by atoms with van der Waals surface area (Å²) in [6.45, 7) is 32.0. The van der Waals surface area contributed by atoms with Crippen LogP contribution in [0.3, 0.4) is 0 Å². The monoisotopic (exact) mass is 1870 g/mol. The quantitative estimate of drug-likeness (QED) is 0.0569. The lowest BCUT2D eigenvalue weighted by molar-refractivity contribution is -0.141. The second kappa shape index (κ2) is 37.7. The summed E-state index contributed by atoms with van der Waals surface area (Å²) in [6.07, 6.45) is 9.13. The van der Waals surface area contributed by atoms with E-state index in [4.69, 9.17) is 9.31 Å². The molecule has 0 amide bonds. The van der Waals surface area contributed by atoms with Crippen LogP contribution >= 0.6 is 67.8 Å². The Morgan fingerprint density at radius 1 is 0.496 bits per heavy atom. The highest BCUT2D eigenvalue weighted by atomic mass is 127. The summed E-state index contributed by atoms with van der Waals surface area (Å²) in [5, 5.41) is 19.1. The Hall–Kier alpha value is -9.36. The van der Waals surface area contributed by atoms with Crippen LogP contribution in [-0.2, 0) is 36.7 Å². The number of ether oxygens (including phenoxy) is 1. The number of fused-ring (bicyclic) bond motifs is 7. The number of nitrogens with one attached hydrogen (secondary N) is 1. The van der Waals surface area contributed by atoms with Gasteiger partial charge in [0.25, 0.3) is 27.8 Å². The zero-order chi connectivity index (χ0) is 82.8. The summed E-state index contributed by atoms with van der Waals surface area (Å²) in [5.74, 6) is -1.96. The molecule has 590 valence electrons. The molecule has 1 aliphatic heterocycles. The van der Waals surface area contributed by atoms with Crippen LogP contribution in [0.15, 0.2) is 225 Å². The summed E-state index contributed by atoms with van der Waals surface area (Å²) in [5.41, 5.74) is 4.88. The lowest BCUT2D eigenvalue weighted by Gasteiger charge is -2.32. The minimum Gasteiger partial charge on any atom is -0.480 e. The Labute approximate surface area is 696 Å². The predicted octanol–water partition coefficient (Wildman–Crippen LogP) is 19.6. The van der Waals surface area contributed by atoms with Crippen molar-refractivity contribution < 1.29 is 37.5 Å². The van der Waals surface area contributed by atoms with Gasteiger partial charge in [-0.15, -0.1) is 0 Å². The molecule has 0 unspecified atom stereocenters. The van der Waals surface area contributed by atoms with E-state index in [0.717, 1.165) is 87.3 Å². The number of carboxylic acids is 1. The number of carbonyl (C=O) groups excluding carboxylic acids is 1. The number of pyridine rings is 5. The number of esters is 1. The third kappa shape index (κ3) is 20.1. The standard InChI is InChI=1S/C23H21FN2O3.C18H24BNO3.C12H11FINO2.C12H12INO.C12H13NO.C9H7NO.C3H7I/c1-13(2)25-11-19(16-6-4-5-7-17(16)23(25)29)22-14(3)26(12-21(27)28)20-9-8-15(24)10-18(20)22;1-12(2)20-11-15(13-9-7-8-10-14(13)16(20)21)19-22-17(3,4)18(5,6)23-19;1-7-12(14)9-5-8(13)3-4-10(9)15(7)6-11(16)17-2;1-8(2)14-7-11(13)9-5-3-4-6-10(9)12(14)15;1-9(2)13-8-7-10-5-3-4-6-11(10)12(13)14;11-9-8-4-2-1-3-7(8)5-6-10-9;1-3(2)4/h4-11,13H,12H2,1-3H3,(H,27,28);7-12H,1-6H3;3-5H,6H2,1-2H3;3-8H,1-2H3;3-9H,1-2H3;1-6H,(H,10,11);3H,1-2H3. The molecule has 8 heterocycles. The van der Waals surface area contributed by atoms with E-state index in [1.54, 1.807) is 53.4 Å². The van der Waals surface area contributed by atoms with Gasteiger partial charge in [0, 0.05) is 143 Å². The molecule has 0 aliphatic carbocycles. The number of rotatable bonds is 10. The molecule has 0 spiro atoms. The van der Waals surface area contributed by atoms with E-state index in [-0.39, 0.29) is 76.8 Å². The number of aliphatic carboxylic acids is 1. The number of aromatic amines is 1. The molecular formula is C89H95BF2I3N7O11. The maximum atomic E-state index is 14.1. The van der Waals surface area contributed by atoms with Gasteiger partial charge in [0.1, 0.15) is 24.7 Å². The molecule has 0 bridgehead atoms. The van der Waals surface area contributed by atoms with Gasteiger partial charge in [0.05, 0.1) is 23.8 Å². The van der Waals surface area contributed by atoms with Crippen molar-refractivity contribution in [2.24, 2.45) is 0 Å². The van der Waals surface area contributed by atoms with E-state index >= 15 is 0 Å². The van der Waals surface area contributed by atoms with Gasteiger partial charge in [-0.05, 0) is 243 Å². The van der Waals surface area contributed by atoms with Crippen LogP contribution in [0.1, 0.15) is 132 Å². The number of nitrogens with zero attached hydrogens (tertiary/aromatic N) is 6. The lowest BCUT2D eigenvalue weighted by atomic mass is 9.77. The number of methoxy groups -OCH3 is 1. The van der Waals surface area contributed by atoms with Crippen molar-refractivity contribution in [3.63, 3.8) is 0 Å². The van der Waals surface area contributed by atoms with Crippen molar-refractivity contribution in [1.82, 2.24) is 32.4 Å². The first-order valence-electron chi connectivity index (χ1n) is 37.1. The molecule has 0 atom stereocenters. The number of H-pyrrole nitrogens is 1. The van der Waals surface area contributed by atoms with Gasteiger partial charge >= 0.3 is 19.1 Å². The molecule has 24 heteroatoms. The van der Waals surface area contributed by atoms with E-state index in [1.807, 2.05) is 247 Å². The Balaban J connectivity index is 0.000000158. The molecule has 113 heavy (non-hydrogen) atoms. The van der Waals surface area contributed by atoms with E-state index in [9.17, 15) is 47.4 Å². The van der Waals surface area contributed by atoms with Gasteiger partial charge in [-0.3, -0.25) is 33.6 Å². The van der Waals surface area contributed by atoms with Gasteiger partial charge in [-0.25, -0.2) is 8.78 Å². The Bertz CT molecular complexity index is 6130. The van der Waals surface area contributed by atoms with Crippen LogP contribution in [0, 0.1) is 32.6 Å². The fourth-order valence-corrected chi connectivity index (χ4v) is 14.6. The molecule has 15 rings (SSSR count). The van der Waals surface area contributed by atoms with Crippen molar-refractivity contribution >= 4 is 168 Å². The van der Waals surface area contributed by atoms with Crippen molar-refractivity contribution in [2.45, 2.75) is 163 Å². The summed E-state index contributed by atoms with van der Waals surface area (Å²) < 4.78 is 57.7. The van der Waals surface area contributed by atoms with E-state index in [0.29, 0.717) is 27.4 Å². The fourth-order valence-electron chi connectivity index (χ4n) is 13.1. The molecule has 1 saturated heterocycles. The molecule has 1 fully saturated rings. The maximum absolute atomic E-state index is 14.1. The number of carbonyl (C=O) groups is 2. The third-order valence-electron chi connectivity index (χ3n) is 19.7. The SMILES string of the molecule is CC(C)I.CC(C)n1cc(B2OC(C)(C)C(C)(C)O2)c2ccccc2c1=O.CC(C)n1cc(I)c2ccccc2c1=O.CC(C)n1ccc2ccccc2c1=O.COC(=O)Cn1c(C)c(I)c2cc(F)ccc21.Cc1c(-c2cn(C(C)C)c(=O)c3ccccc23)c2cc(F)ccc2n1CC(=O)O.O=c1[nH]ccc2ccccc12. The highest BCUT2D eigenvalue weighted by molar-refractivity contribution is 14.1. The normalized spacial score (nSPS) is 12.8. The predicted molar refractivity (Wildman–Crippen MR) is 481 cm³/mol. The van der Waals surface area contributed by atoms with Gasteiger partial charge in [0.15, 0.2) is 0 Å². The molecular weight excluding hydrogens is 1770 g/mol. The van der Waals surface area contributed by atoms with E-state index in [1.165, 1.54) is 31.4 Å². The first-order chi connectivity index (χ1) is 53.4. The van der Waals surface area contributed by atoms with Crippen molar-refractivity contribution in [1.29, 1.82) is 0 Å². The number of carboxylic acid groups (broad SMARTS) is 1. The van der Waals surface area contributed by atoms with Gasteiger partial charge in [-0.2, -0.15) is 0 Å². The van der Waals surface area contributed by atoms with Crippen LogP contribution in [-0.4, -0.2) is 78.8 Å². The average molecular weight is 1870 g/mol. The smallest absolute Gasteiger partial charge is 0.480 e. The molecule has 7 aromatic heterocycles. The number of halogens is 5. The van der Waals surface area contributed by atoms with Crippen molar-refractivity contribution in [2.75, 3.05) is 7.11 Å². The number of hydrogen-bond acceptors (Lipinski definition) is 10. The van der Waals surface area contributed by atoms with Gasteiger partial charge in [-0.1, -0.05) is 127 Å². The molecule has 0 saturated carbocycles. The molecule has 14 aromatic rings. The number of alkyl halides is 1. The molecule has 18 nitrogen and oxygen atoms in total. The first kappa shape index (κ1) is 87.6. The van der Waals surface area contributed by atoms with Gasteiger partial charge in [0.2, 0.25) is 0 Å². The zero-order valence-corrected chi connectivity index (χ0v) is 73.0. The number of aromatic nitrogens is 7. The first-order valence-corrected chi connectivity index (χ1v) is 40.5. The summed E-state index contributed by atoms with van der Waals surface area (Å²) in [7, 11) is 0.879. The maximum Gasteiger partial charge on any atom is 0.496 e. The second-order valence-corrected chi connectivity index (χ2v) is 34.4. The van der Waals surface area contributed by atoms with Crippen LogP contribution < -0.4 is 33.3 Å². The van der Waals surface area contributed by atoms with Crippen LogP contribution in [0.25, 0.3) is 86.8 Å². The third-order valence-corrected chi connectivity index (χ3v) is 21.9. The fraction of sp³-hybridized carbons (Fsp3) is 0.292. The second-order valence-electron chi connectivity index (χ2n) is 29.7. The zero-order valence-electron chi connectivity index (χ0n) is 66.5. The minimum atomic E-state index is -0.974. The molecule has 0 radical (unpaired) electrons. The molecule has 7 aromatic carbocycles. The highest BCUT2D eigenvalue weighted by Crippen LogP contribution is 2.40. The summed E-state index contributed by atoms with van der Waals surface area (Å²) in [4.78, 5) is 86.1. The average Bonchev–Trinajstić information content (AvgIpc) is 1.62. The lowest BCUT2D eigenvalue weighted by Crippen LogP contribution is -2.41. The summed E-state index contributed by atoms with van der Waals surface area (Å²) in [6, 6.07) is 51.1. The Morgan fingerprint density at radius 2 is 0.903 bits per heavy atom. The number of hydrogen-bond donors (Lipinski definition) is 2. The van der Waals surface area contributed by atoms with E-state index < -0.39 is 30.1 Å². The van der Waals surface area contributed by atoms with Crippen molar-refractivity contribution in [3.05, 3.63) is 283 Å². The van der Waals surface area contributed by atoms with Crippen LogP contribution in [0.5, 0.6) is 0 Å². The van der Waals surface area contributed by atoms with Crippen LogP contribution in [0.4, 0.5) is 8.78 Å². The Morgan fingerprint density at radius 3 is 1.41 bits per heavy atom. The van der Waals surface area contributed by atoms with Crippen molar-refractivity contribution in [3.8, 4) is 11.1 Å². The topological polar surface area (TPSA) is 213 Å². The molecule has 2 N–H and O–H groups in total. The minimum absolute atomic E-state index is 0.0240. The summed E-state index contributed by atoms with van der Waals surface area (Å²) >= 11 is 6.78. The largest absolute Gasteiger partial charge is 0.496 e. The number of benzene rings is 7. The Kier molecular flexibility index (Phi) is 29.3.